The van der Waals surface area contributed by atoms with Gasteiger partial charge in [0.05, 0.1) is 12.5 Å². The maximum atomic E-state index is 14.2. The van der Waals surface area contributed by atoms with Gasteiger partial charge in [0, 0.05) is 31.6 Å². The smallest absolute Gasteiger partial charge is 0.241 e. The first kappa shape index (κ1) is 30.8. The summed E-state index contributed by atoms with van der Waals surface area (Å²) in [5.74, 6) is -0.268. The molecule has 1 aliphatic rings. The summed E-state index contributed by atoms with van der Waals surface area (Å²) in [5.41, 5.74) is 8.98. The van der Waals surface area contributed by atoms with E-state index in [0.717, 1.165) is 27.5 Å². The van der Waals surface area contributed by atoms with Crippen LogP contribution in [0.15, 0.2) is 103 Å². The number of amides is 2. The molecule has 228 valence electrons. The van der Waals surface area contributed by atoms with Crippen molar-refractivity contribution >= 4 is 28.5 Å². The predicted octanol–water partition coefficient (Wildman–Crippen LogP) is 4.15. The highest BCUT2D eigenvalue weighted by Gasteiger charge is 2.37. The summed E-state index contributed by atoms with van der Waals surface area (Å²) in [6.07, 6.45) is 1.55. The van der Waals surface area contributed by atoms with Crippen molar-refractivity contribution in [3.63, 3.8) is 0 Å². The molecule has 0 aliphatic carbocycles. The summed E-state index contributed by atoms with van der Waals surface area (Å²) in [5, 5.41) is 19.7. The van der Waals surface area contributed by atoms with Gasteiger partial charge >= 0.3 is 0 Å². The number of fused-ring (bicyclic) bond motifs is 1. The lowest BCUT2D eigenvalue weighted by Gasteiger charge is -2.33. The number of nitrogens with two attached hydrogens (primary N) is 1. The molecule has 1 unspecified atom stereocenters. The van der Waals surface area contributed by atoms with Crippen molar-refractivity contribution in [1.82, 2.24) is 20.9 Å². The van der Waals surface area contributed by atoms with Gasteiger partial charge in [0.25, 0.3) is 0 Å². The number of carbonyl (C=O) groups is 2. The fourth-order valence-electron chi connectivity index (χ4n) is 6.11. The summed E-state index contributed by atoms with van der Waals surface area (Å²) in [6.45, 7) is 3.42. The van der Waals surface area contributed by atoms with Gasteiger partial charge in [-0.25, -0.2) is 0 Å². The minimum atomic E-state index is -0.610. The second-order valence-corrected chi connectivity index (χ2v) is 11.5. The first-order valence-corrected chi connectivity index (χ1v) is 15.4. The SMILES string of the molecule is CCC(NC(=N)N)[C@@H]1N[C@H](CNC(=O)Cc2ccc3ccccc3c2)CCN(CC(c2ccccc2)c2ccccc2)C1=O. The molecule has 1 saturated heterocycles. The van der Waals surface area contributed by atoms with Gasteiger partial charge in [0.1, 0.15) is 6.04 Å². The van der Waals surface area contributed by atoms with Gasteiger partial charge in [0.2, 0.25) is 11.8 Å². The Kier molecular flexibility index (Phi) is 10.2. The van der Waals surface area contributed by atoms with Crippen LogP contribution in [0, 0.1) is 5.41 Å². The van der Waals surface area contributed by atoms with Crippen LogP contribution in [0.2, 0.25) is 0 Å². The number of nitrogens with one attached hydrogen (secondary N) is 4. The Bertz CT molecular complexity index is 1520. The van der Waals surface area contributed by atoms with Crippen molar-refractivity contribution in [2.45, 2.75) is 50.2 Å². The van der Waals surface area contributed by atoms with Crippen molar-refractivity contribution in [3.8, 4) is 0 Å². The van der Waals surface area contributed by atoms with Crippen LogP contribution in [0.25, 0.3) is 10.8 Å². The van der Waals surface area contributed by atoms with E-state index in [1.165, 1.54) is 0 Å². The minimum absolute atomic E-state index is 0.000971. The van der Waals surface area contributed by atoms with Crippen molar-refractivity contribution in [3.05, 3.63) is 120 Å². The van der Waals surface area contributed by atoms with Crippen molar-refractivity contribution in [2.75, 3.05) is 19.6 Å². The molecular formula is C36H42N6O2. The monoisotopic (exact) mass is 590 g/mol. The van der Waals surface area contributed by atoms with Crippen LogP contribution in [-0.4, -0.2) is 60.4 Å². The molecule has 0 bridgehead atoms. The largest absolute Gasteiger partial charge is 0.370 e. The maximum absolute atomic E-state index is 14.2. The Hall–Kier alpha value is -4.69. The highest BCUT2D eigenvalue weighted by molar-refractivity contribution is 5.86. The fraction of sp³-hybridized carbons (Fsp3) is 0.306. The zero-order chi connectivity index (χ0) is 30.9. The van der Waals surface area contributed by atoms with Gasteiger partial charge in [-0.05, 0) is 40.3 Å². The summed E-state index contributed by atoms with van der Waals surface area (Å²) in [4.78, 5) is 29.1. The normalized spacial score (nSPS) is 17.7. The molecule has 1 heterocycles. The van der Waals surface area contributed by atoms with Crippen LogP contribution in [0.3, 0.4) is 0 Å². The van der Waals surface area contributed by atoms with E-state index in [2.05, 4.69) is 58.4 Å². The topological polar surface area (TPSA) is 123 Å². The molecule has 6 N–H and O–H groups in total. The van der Waals surface area contributed by atoms with Gasteiger partial charge in [0.15, 0.2) is 5.96 Å². The van der Waals surface area contributed by atoms with Crippen molar-refractivity contribution in [1.29, 1.82) is 5.41 Å². The number of rotatable bonds is 11. The first-order chi connectivity index (χ1) is 21.4. The number of hydrogen-bond donors (Lipinski definition) is 5. The number of hydrogen-bond acceptors (Lipinski definition) is 4. The lowest BCUT2D eigenvalue weighted by atomic mass is 9.90. The van der Waals surface area contributed by atoms with E-state index in [0.29, 0.717) is 32.5 Å². The number of guanidine groups is 1. The lowest BCUT2D eigenvalue weighted by Crippen LogP contribution is -2.60. The van der Waals surface area contributed by atoms with Gasteiger partial charge in [-0.3, -0.25) is 20.3 Å². The van der Waals surface area contributed by atoms with Gasteiger partial charge in [-0.1, -0.05) is 110 Å². The van der Waals surface area contributed by atoms with E-state index >= 15 is 0 Å². The number of benzene rings is 4. The third-order valence-corrected chi connectivity index (χ3v) is 8.45. The molecule has 5 rings (SSSR count). The minimum Gasteiger partial charge on any atom is -0.370 e. The van der Waals surface area contributed by atoms with E-state index in [-0.39, 0.29) is 42.2 Å². The molecule has 2 amide bonds. The average molecular weight is 591 g/mol. The third kappa shape index (κ3) is 7.82. The van der Waals surface area contributed by atoms with Gasteiger partial charge < -0.3 is 21.3 Å². The molecule has 1 aliphatic heterocycles. The van der Waals surface area contributed by atoms with Crippen LogP contribution in [0.5, 0.6) is 0 Å². The average Bonchev–Trinajstić information content (AvgIpc) is 3.20. The van der Waals surface area contributed by atoms with Crippen LogP contribution < -0.4 is 21.7 Å². The zero-order valence-electron chi connectivity index (χ0n) is 25.2. The highest BCUT2D eigenvalue weighted by Crippen LogP contribution is 2.27. The Morgan fingerprint density at radius 1 is 0.955 bits per heavy atom. The molecule has 44 heavy (non-hydrogen) atoms. The summed E-state index contributed by atoms with van der Waals surface area (Å²) in [6, 6.07) is 33.6. The Morgan fingerprint density at radius 2 is 1.59 bits per heavy atom. The van der Waals surface area contributed by atoms with E-state index in [9.17, 15) is 9.59 Å². The standard InChI is InChI=1S/C36H42N6O2/c1-2-32(41-36(37)38)34-35(44)42(24-31(27-12-5-3-6-13-27)28-14-7-4-8-15-28)20-19-30(40-34)23-39-33(43)22-25-17-18-26-11-9-10-16-29(26)21-25/h3-18,21,30-32,34,40H,2,19-20,22-24H2,1H3,(H,39,43)(H4,37,38,41)/t30-,32?,34-/m0/s1. The summed E-state index contributed by atoms with van der Waals surface area (Å²) < 4.78 is 0. The predicted molar refractivity (Wildman–Crippen MR) is 176 cm³/mol. The second-order valence-electron chi connectivity index (χ2n) is 11.5. The van der Waals surface area contributed by atoms with Crippen LogP contribution in [0.1, 0.15) is 42.4 Å². The molecular weight excluding hydrogens is 548 g/mol. The highest BCUT2D eigenvalue weighted by atomic mass is 16.2. The molecule has 3 atom stereocenters. The molecule has 8 nitrogen and oxygen atoms in total. The molecule has 0 saturated carbocycles. The fourth-order valence-corrected chi connectivity index (χ4v) is 6.11. The van der Waals surface area contributed by atoms with Crippen LogP contribution >= 0.6 is 0 Å². The number of carbonyl (C=O) groups excluding carboxylic acids is 2. The molecule has 1 fully saturated rings. The molecule has 4 aromatic carbocycles. The van der Waals surface area contributed by atoms with Crippen molar-refractivity contribution in [2.24, 2.45) is 5.73 Å². The summed E-state index contributed by atoms with van der Waals surface area (Å²) >= 11 is 0. The molecule has 0 aromatic heterocycles. The van der Waals surface area contributed by atoms with E-state index in [4.69, 9.17) is 11.1 Å². The third-order valence-electron chi connectivity index (χ3n) is 8.45. The number of nitrogens with zero attached hydrogens (tertiary/aromatic N) is 1. The van der Waals surface area contributed by atoms with E-state index in [1.807, 2.05) is 72.5 Å². The van der Waals surface area contributed by atoms with E-state index in [1.54, 1.807) is 0 Å². The Labute approximate surface area is 259 Å². The Balaban J connectivity index is 1.32. The van der Waals surface area contributed by atoms with E-state index < -0.39 is 6.04 Å². The van der Waals surface area contributed by atoms with Crippen molar-refractivity contribution < 1.29 is 9.59 Å². The van der Waals surface area contributed by atoms with Crippen LogP contribution in [-0.2, 0) is 16.0 Å². The molecule has 8 heteroatoms. The Morgan fingerprint density at radius 3 is 2.23 bits per heavy atom. The second kappa shape index (κ2) is 14.7. The lowest BCUT2D eigenvalue weighted by molar-refractivity contribution is -0.133. The van der Waals surface area contributed by atoms with Crippen LogP contribution in [0.4, 0.5) is 0 Å². The molecule has 0 spiro atoms. The molecule has 4 aromatic rings. The molecule has 0 radical (unpaired) electrons. The quantitative estimate of drug-likeness (QED) is 0.133. The first-order valence-electron chi connectivity index (χ1n) is 15.4. The van der Waals surface area contributed by atoms with Gasteiger partial charge in [-0.15, -0.1) is 0 Å². The van der Waals surface area contributed by atoms with Gasteiger partial charge in [-0.2, -0.15) is 0 Å². The zero-order valence-corrected chi connectivity index (χ0v) is 25.2. The summed E-state index contributed by atoms with van der Waals surface area (Å²) in [7, 11) is 0. The maximum Gasteiger partial charge on any atom is 0.241 e.